The van der Waals surface area contributed by atoms with E-state index in [1.807, 2.05) is 18.7 Å². The van der Waals surface area contributed by atoms with Gasteiger partial charge in [-0.15, -0.1) is 0 Å². The van der Waals surface area contributed by atoms with Crippen LogP contribution in [-0.4, -0.2) is 46.0 Å². The second kappa shape index (κ2) is 7.46. The number of piperidine rings is 1. The van der Waals surface area contributed by atoms with Crippen molar-refractivity contribution < 1.29 is 14.1 Å². The van der Waals surface area contributed by atoms with Crippen LogP contribution in [0.2, 0.25) is 0 Å². The van der Waals surface area contributed by atoms with Gasteiger partial charge < -0.3 is 14.7 Å². The average molecular weight is 342 g/mol. The van der Waals surface area contributed by atoms with E-state index in [0.29, 0.717) is 18.8 Å². The van der Waals surface area contributed by atoms with E-state index >= 15 is 0 Å². The molecule has 7 heteroatoms. The minimum atomic E-state index is -0.252. The first kappa shape index (κ1) is 17.1. The molecule has 1 saturated heterocycles. The molecule has 0 spiro atoms. The van der Waals surface area contributed by atoms with Crippen molar-refractivity contribution in [2.45, 2.75) is 32.7 Å². The third kappa shape index (κ3) is 4.04. The molecule has 0 saturated carbocycles. The van der Waals surface area contributed by atoms with Crippen molar-refractivity contribution in [3.63, 3.8) is 0 Å². The zero-order chi connectivity index (χ0) is 17.8. The molecule has 2 aromatic rings. The van der Waals surface area contributed by atoms with Gasteiger partial charge in [0.2, 0.25) is 5.91 Å². The predicted molar refractivity (Wildman–Crippen MR) is 91.6 cm³/mol. The van der Waals surface area contributed by atoms with Crippen LogP contribution in [0.25, 0.3) is 11.3 Å². The van der Waals surface area contributed by atoms with Crippen LogP contribution in [0.4, 0.5) is 0 Å². The van der Waals surface area contributed by atoms with E-state index in [9.17, 15) is 9.59 Å². The van der Waals surface area contributed by atoms with Gasteiger partial charge in [-0.2, -0.15) is 0 Å². The van der Waals surface area contributed by atoms with Crippen LogP contribution in [0, 0.1) is 5.92 Å². The van der Waals surface area contributed by atoms with Crippen LogP contribution in [-0.2, 0) is 4.79 Å². The number of rotatable bonds is 4. The van der Waals surface area contributed by atoms with Gasteiger partial charge in [-0.1, -0.05) is 19.0 Å². The minimum absolute atomic E-state index is 0.00730. The number of hydrogen-bond acceptors (Lipinski definition) is 5. The Balaban J connectivity index is 1.55. The van der Waals surface area contributed by atoms with Gasteiger partial charge >= 0.3 is 0 Å². The molecular weight excluding hydrogens is 320 g/mol. The van der Waals surface area contributed by atoms with Crippen molar-refractivity contribution in [3.8, 4) is 11.3 Å². The Labute approximate surface area is 146 Å². The summed E-state index contributed by atoms with van der Waals surface area (Å²) in [5, 5.41) is 6.83. The lowest BCUT2D eigenvalue weighted by molar-refractivity contribution is -0.135. The molecule has 3 heterocycles. The quantitative estimate of drug-likeness (QED) is 0.919. The molecule has 0 radical (unpaired) electrons. The highest BCUT2D eigenvalue weighted by Gasteiger charge is 2.26. The number of pyridine rings is 1. The second-order valence-electron chi connectivity index (χ2n) is 6.54. The van der Waals surface area contributed by atoms with Crippen LogP contribution < -0.4 is 5.32 Å². The van der Waals surface area contributed by atoms with Gasteiger partial charge in [0.05, 0.1) is 0 Å². The maximum atomic E-state index is 12.4. The summed E-state index contributed by atoms with van der Waals surface area (Å²) in [6.07, 6.45) is 4.81. The van der Waals surface area contributed by atoms with Crippen LogP contribution >= 0.6 is 0 Å². The van der Waals surface area contributed by atoms with Crippen molar-refractivity contribution >= 4 is 11.8 Å². The molecule has 0 aromatic carbocycles. The molecule has 0 aliphatic carbocycles. The van der Waals surface area contributed by atoms with E-state index in [1.165, 1.54) is 0 Å². The van der Waals surface area contributed by atoms with Crippen molar-refractivity contribution in [1.29, 1.82) is 0 Å². The van der Waals surface area contributed by atoms with E-state index in [1.54, 1.807) is 30.6 Å². The molecule has 2 amide bonds. The molecule has 0 unspecified atom stereocenters. The summed E-state index contributed by atoms with van der Waals surface area (Å²) in [6, 6.07) is 5.26. The highest BCUT2D eigenvalue weighted by Crippen LogP contribution is 2.19. The highest BCUT2D eigenvalue weighted by molar-refractivity contribution is 5.93. The van der Waals surface area contributed by atoms with Crippen LogP contribution in [0.15, 0.2) is 35.1 Å². The average Bonchev–Trinajstić information content (AvgIpc) is 3.13. The van der Waals surface area contributed by atoms with Crippen molar-refractivity contribution in [1.82, 2.24) is 20.4 Å². The molecule has 0 atom stereocenters. The number of nitrogens with zero attached hydrogens (tertiary/aromatic N) is 3. The van der Waals surface area contributed by atoms with Gasteiger partial charge in [0.1, 0.15) is 0 Å². The Morgan fingerprint density at radius 1 is 1.24 bits per heavy atom. The highest BCUT2D eigenvalue weighted by atomic mass is 16.5. The first-order valence-electron chi connectivity index (χ1n) is 8.51. The van der Waals surface area contributed by atoms with Gasteiger partial charge in [-0.25, -0.2) is 0 Å². The first-order chi connectivity index (χ1) is 12.0. The molecule has 3 rings (SSSR count). The van der Waals surface area contributed by atoms with E-state index in [0.717, 1.165) is 18.4 Å². The molecule has 7 nitrogen and oxygen atoms in total. The Morgan fingerprint density at radius 3 is 2.56 bits per heavy atom. The summed E-state index contributed by atoms with van der Waals surface area (Å²) in [4.78, 5) is 30.2. The molecule has 1 aliphatic heterocycles. The number of carbonyl (C=O) groups excluding carboxylic acids is 2. The third-order valence-electron chi connectivity index (χ3n) is 4.34. The molecule has 0 bridgehead atoms. The number of nitrogens with one attached hydrogen (secondary N) is 1. The second-order valence-corrected chi connectivity index (χ2v) is 6.54. The largest absolute Gasteiger partial charge is 0.355 e. The SMILES string of the molecule is CC(C)C(=O)N1CCC(NC(=O)c2cc(-c3ccncc3)on2)CC1. The summed E-state index contributed by atoms with van der Waals surface area (Å²) in [5.74, 6) is 0.457. The first-order valence-corrected chi connectivity index (χ1v) is 8.51. The number of likely N-dealkylation sites (tertiary alicyclic amines) is 1. The molecule has 25 heavy (non-hydrogen) atoms. The Morgan fingerprint density at radius 2 is 1.92 bits per heavy atom. The number of amides is 2. The molecule has 132 valence electrons. The number of carbonyl (C=O) groups is 2. The lowest BCUT2D eigenvalue weighted by Gasteiger charge is -2.33. The lowest BCUT2D eigenvalue weighted by Crippen LogP contribution is -2.47. The van der Waals surface area contributed by atoms with E-state index in [2.05, 4.69) is 15.5 Å². The minimum Gasteiger partial charge on any atom is -0.355 e. The number of hydrogen-bond donors (Lipinski definition) is 1. The molecule has 2 aromatic heterocycles. The smallest absolute Gasteiger partial charge is 0.273 e. The van der Waals surface area contributed by atoms with Crippen LogP contribution in [0.3, 0.4) is 0 Å². The Hall–Kier alpha value is -2.70. The van der Waals surface area contributed by atoms with Crippen molar-refractivity contribution in [2.75, 3.05) is 13.1 Å². The van der Waals surface area contributed by atoms with Crippen LogP contribution in [0.5, 0.6) is 0 Å². The zero-order valence-corrected chi connectivity index (χ0v) is 14.4. The summed E-state index contributed by atoms with van der Waals surface area (Å²) >= 11 is 0. The Bertz CT molecular complexity index is 734. The monoisotopic (exact) mass is 342 g/mol. The van der Waals surface area contributed by atoms with Gasteiger partial charge in [0.15, 0.2) is 11.5 Å². The van der Waals surface area contributed by atoms with E-state index in [4.69, 9.17) is 4.52 Å². The normalized spacial score (nSPS) is 15.4. The summed E-state index contributed by atoms with van der Waals surface area (Å²) < 4.78 is 5.24. The molecule has 1 aliphatic rings. The maximum absolute atomic E-state index is 12.4. The fraction of sp³-hybridized carbons (Fsp3) is 0.444. The van der Waals surface area contributed by atoms with Gasteiger partial charge in [-0.3, -0.25) is 14.6 Å². The van der Waals surface area contributed by atoms with E-state index in [-0.39, 0.29) is 29.5 Å². The summed E-state index contributed by atoms with van der Waals surface area (Å²) in [7, 11) is 0. The standard InChI is InChI=1S/C18H22N4O3/c1-12(2)18(24)22-9-5-14(6-10-22)20-17(23)15-11-16(25-21-15)13-3-7-19-8-4-13/h3-4,7-8,11-12,14H,5-6,9-10H2,1-2H3,(H,20,23). The van der Waals surface area contributed by atoms with Crippen LogP contribution in [0.1, 0.15) is 37.2 Å². The summed E-state index contributed by atoms with van der Waals surface area (Å²) in [5.41, 5.74) is 1.08. The van der Waals surface area contributed by atoms with Gasteiger partial charge in [-0.05, 0) is 25.0 Å². The third-order valence-corrected chi connectivity index (χ3v) is 4.34. The van der Waals surface area contributed by atoms with Crippen molar-refractivity contribution in [2.24, 2.45) is 5.92 Å². The predicted octanol–water partition coefficient (Wildman–Crippen LogP) is 2.11. The molecular formula is C18H22N4O3. The van der Waals surface area contributed by atoms with E-state index < -0.39 is 0 Å². The Kier molecular flexibility index (Phi) is 5.11. The lowest BCUT2D eigenvalue weighted by atomic mass is 10.0. The fourth-order valence-corrected chi connectivity index (χ4v) is 2.90. The topological polar surface area (TPSA) is 88.3 Å². The fourth-order valence-electron chi connectivity index (χ4n) is 2.90. The number of aromatic nitrogens is 2. The van der Waals surface area contributed by atoms with Crippen molar-refractivity contribution in [3.05, 3.63) is 36.3 Å². The maximum Gasteiger partial charge on any atom is 0.273 e. The summed E-state index contributed by atoms with van der Waals surface area (Å²) in [6.45, 7) is 5.15. The molecule has 1 N–H and O–H groups in total. The molecule has 1 fully saturated rings. The zero-order valence-electron chi connectivity index (χ0n) is 14.4. The van der Waals surface area contributed by atoms with Gasteiger partial charge in [0, 0.05) is 49.1 Å². The van der Waals surface area contributed by atoms with Gasteiger partial charge in [0.25, 0.3) is 5.91 Å².